The standard InChI is InChI=1S/C36H57N3O9/c1-9-46-33(41)18-17-32(40)37(27-12-13-27)20-19-28-14-15-29(24-38(28)35(43)48-36(4,5)6)39(25(2)3)34(42)26-11-16-30(45-8)31(23-26)47-22-10-21-44-7/h11,16,23,25,27-29H,9-10,12-15,17-22,24H2,1-8H3/t28-,29-/m1/s1. The number of piperidine rings is 1. The van der Waals surface area contributed by atoms with E-state index < -0.39 is 11.7 Å². The zero-order chi connectivity index (χ0) is 35.4. The van der Waals surface area contributed by atoms with Crippen LogP contribution in [0.15, 0.2) is 18.2 Å². The third kappa shape index (κ3) is 11.6. The maximum atomic E-state index is 14.1. The fourth-order valence-electron chi connectivity index (χ4n) is 6.13. The molecule has 1 aromatic carbocycles. The van der Waals surface area contributed by atoms with E-state index in [2.05, 4.69) is 0 Å². The van der Waals surface area contributed by atoms with Gasteiger partial charge in [-0.3, -0.25) is 14.4 Å². The summed E-state index contributed by atoms with van der Waals surface area (Å²) in [6.07, 6.45) is 4.20. The summed E-state index contributed by atoms with van der Waals surface area (Å²) < 4.78 is 27.4. The summed E-state index contributed by atoms with van der Waals surface area (Å²) in [4.78, 5) is 58.2. The molecule has 1 aliphatic carbocycles. The minimum Gasteiger partial charge on any atom is -0.493 e. The van der Waals surface area contributed by atoms with Crippen LogP contribution in [0.1, 0.15) is 103 Å². The van der Waals surface area contributed by atoms with E-state index in [-0.39, 0.29) is 61.4 Å². The summed E-state index contributed by atoms with van der Waals surface area (Å²) in [5, 5.41) is 0. The first-order valence-corrected chi connectivity index (χ1v) is 17.4. The maximum Gasteiger partial charge on any atom is 0.410 e. The molecule has 0 N–H and O–H groups in total. The van der Waals surface area contributed by atoms with E-state index in [4.69, 9.17) is 23.7 Å². The van der Waals surface area contributed by atoms with Crippen LogP contribution in [0.4, 0.5) is 4.79 Å². The van der Waals surface area contributed by atoms with Crippen LogP contribution in [0.5, 0.6) is 11.5 Å². The molecule has 1 saturated heterocycles. The van der Waals surface area contributed by atoms with Crippen molar-refractivity contribution in [2.75, 3.05) is 47.1 Å². The largest absolute Gasteiger partial charge is 0.493 e. The Balaban J connectivity index is 1.78. The zero-order valence-electron chi connectivity index (χ0n) is 30.2. The number of carbonyl (C=O) groups excluding carboxylic acids is 4. The molecule has 2 aliphatic rings. The van der Waals surface area contributed by atoms with Gasteiger partial charge in [0.05, 0.1) is 32.8 Å². The number of esters is 1. The van der Waals surface area contributed by atoms with E-state index in [1.54, 1.807) is 44.2 Å². The molecular formula is C36H57N3O9. The number of amides is 3. The second kappa shape index (κ2) is 18.3. The number of carbonyl (C=O) groups is 4. The average Bonchev–Trinajstić information content (AvgIpc) is 3.87. The van der Waals surface area contributed by atoms with Gasteiger partial charge >= 0.3 is 12.1 Å². The lowest BCUT2D eigenvalue weighted by atomic mass is 9.93. The van der Waals surface area contributed by atoms with Gasteiger partial charge in [-0.25, -0.2) is 4.79 Å². The number of benzene rings is 1. The highest BCUT2D eigenvalue weighted by Crippen LogP contribution is 2.33. The first-order valence-electron chi connectivity index (χ1n) is 17.4. The molecule has 270 valence electrons. The van der Waals surface area contributed by atoms with Crippen LogP contribution in [-0.2, 0) is 23.8 Å². The minimum atomic E-state index is -0.700. The van der Waals surface area contributed by atoms with Crippen LogP contribution < -0.4 is 9.47 Å². The Morgan fingerprint density at radius 3 is 2.27 bits per heavy atom. The highest BCUT2D eigenvalue weighted by Gasteiger charge is 2.40. The lowest BCUT2D eigenvalue weighted by molar-refractivity contribution is -0.145. The molecule has 2 fully saturated rings. The Morgan fingerprint density at radius 1 is 0.958 bits per heavy atom. The summed E-state index contributed by atoms with van der Waals surface area (Å²) in [6, 6.07) is 4.79. The molecule has 0 radical (unpaired) electrons. The molecule has 3 rings (SSSR count). The topological polar surface area (TPSA) is 124 Å². The van der Waals surface area contributed by atoms with E-state index in [1.165, 1.54) is 0 Å². The number of likely N-dealkylation sites (tertiary alicyclic amines) is 1. The van der Waals surface area contributed by atoms with Gasteiger partial charge < -0.3 is 38.4 Å². The Bertz CT molecular complexity index is 1230. The van der Waals surface area contributed by atoms with E-state index in [1.807, 2.05) is 44.4 Å². The summed E-state index contributed by atoms with van der Waals surface area (Å²) >= 11 is 0. The molecule has 48 heavy (non-hydrogen) atoms. The van der Waals surface area contributed by atoms with Crippen molar-refractivity contribution in [3.8, 4) is 11.5 Å². The minimum absolute atomic E-state index is 0.0553. The number of nitrogens with zero attached hydrogens (tertiary/aromatic N) is 3. The molecule has 1 heterocycles. The molecule has 0 spiro atoms. The first kappa shape index (κ1) is 38.9. The van der Waals surface area contributed by atoms with E-state index in [0.717, 1.165) is 12.8 Å². The molecule has 0 unspecified atom stereocenters. The summed E-state index contributed by atoms with van der Waals surface area (Å²) in [7, 11) is 3.20. The first-order chi connectivity index (χ1) is 22.8. The van der Waals surface area contributed by atoms with Crippen molar-refractivity contribution >= 4 is 23.9 Å². The number of hydrogen-bond acceptors (Lipinski definition) is 9. The number of rotatable bonds is 17. The smallest absolute Gasteiger partial charge is 0.410 e. The third-order valence-electron chi connectivity index (χ3n) is 8.51. The van der Waals surface area contributed by atoms with Gasteiger partial charge in [-0.2, -0.15) is 0 Å². The van der Waals surface area contributed by atoms with Crippen molar-refractivity contribution < 1.29 is 42.9 Å². The van der Waals surface area contributed by atoms with Gasteiger partial charge in [0, 0.05) is 63.3 Å². The molecule has 0 aromatic heterocycles. The van der Waals surface area contributed by atoms with E-state index in [9.17, 15) is 19.2 Å². The molecule has 12 heteroatoms. The second-order valence-electron chi connectivity index (χ2n) is 13.8. The Labute approximate surface area is 286 Å². The Kier molecular flexibility index (Phi) is 14.8. The van der Waals surface area contributed by atoms with Crippen LogP contribution in [0.3, 0.4) is 0 Å². The van der Waals surface area contributed by atoms with Crippen molar-refractivity contribution in [1.29, 1.82) is 0 Å². The van der Waals surface area contributed by atoms with Crippen LogP contribution in [0, 0.1) is 0 Å². The van der Waals surface area contributed by atoms with E-state index >= 15 is 0 Å². The fourth-order valence-corrected chi connectivity index (χ4v) is 6.13. The van der Waals surface area contributed by atoms with Crippen molar-refractivity contribution in [1.82, 2.24) is 14.7 Å². The van der Waals surface area contributed by atoms with Crippen LogP contribution in [-0.4, -0.2) is 115 Å². The van der Waals surface area contributed by atoms with Crippen LogP contribution >= 0.6 is 0 Å². The molecule has 1 aromatic rings. The molecule has 0 bridgehead atoms. The van der Waals surface area contributed by atoms with Gasteiger partial charge in [0.1, 0.15) is 5.60 Å². The van der Waals surface area contributed by atoms with Gasteiger partial charge in [-0.05, 0) is 91.8 Å². The number of hydrogen-bond donors (Lipinski definition) is 0. The Hall–Kier alpha value is -3.54. The van der Waals surface area contributed by atoms with Gasteiger partial charge in [0.2, 0.25) is 5.91 Å². The van der Waals surface area contributed by atoms with Crippen molar-refractivity contribution in [2.24, 2.45) is 0 Å². The summed E-state index contributed by atoms with van der Waals surface area (Å²) in [5.74, 6) is 0.423. The molecule has 1 aliphatic heterocycles. The maximum absolute atomic E-state index is 14.1. The van der Waals surface area contributed by atoms with Gasteiger partial charge in [-0.15, -0.1) is 0 Å². The average molecular weight is 676 g/mol. The van der Waals surface area contributed by atoms with Crippen molar-refractivity contribution in [2.45, 2.75) is 123 Å². The molecular weight excluding hydrogens is 618 g/mol. The SMILES string of the molecule is CCOC(=O)CCC(=O)N(CC[C@H]1CC[C@@H](N(C(=O)c2ccc(OC)c(OCCCOC)c2)C(C)C)CN1C(=O)OC(C)(C)C)C1CC1. The predicted octanol–water partition coefficient (Wildman–Crippen LogP) is 5.45. The third-order valence-corrected chi connectivity index (χ3v) is 8.51. The van der Waals surface area contributed by atoms with Gasteiger partial charge in [0.15, 0.2) is 11.5 Å². The quantitative estimate of drug-likeness (QED) is 0.157. The number of ether oxygens (including phenoxy) is 5. The fraction of sp³-hybridized carbons (Fsp3) is 0.722. The summed E-state index contributed by atoms with van der Waals surface area (Å²) in [6.45, 7) is 13.2. The van der Waals surface area contributed by atoms with Crippen LogP contribution in [0.2, 0.25) is 0 Å². The Morgan fingerprint density at radius 2 is 1.67 bits per heavy atom. The normalized spacial score (nSPS) is 17.9. The molecule has 12 nitrogen and oxygen atoms in total. The lowest BCUT2D eigenvalue weighted by Gasteiger charge is -2.45. The van der Waals surface area contributed by atoms with Crippen molar-refractivity contribution in [3.63, 3.8) is 0 Å². The highest BCUT2D eigenvalue weighted by atomic mass is 16.6. The monoisotopic (exact) mass is 675 g/mol. The highest BCUT2D eigenvalue weighted by molar-refractivity contribution is 5.95. The summed E-state index contributed by atoms with van der Waals surface area (Å²) in [5.41, 5.74) is -0.229. The molecule has 3 amide bonds. The molecule has 2 atom stereocenters. The lowest BCUT2D eigenvalue weighted by Crippen LogP contribution is -2.58. The predicted molar refractivity (Wildman–Crippen MR) is 181 cm³/mol. The van der Waals surface area contributed by atoms with Gasteiger partial charge in [-0.1, -0.05) is 0 Å². The molecule has 1 saturated carbocycles. The van der Waals surface area contributed by atoms with E-state index in [0.29, 0.717) is 69.0 Å². The van der Waals surface area contributed by atoms with Crippen molar-refractivity contribution in [3.05, 3.63) is 23.8 Å². The van der Waals surface area contributed by atoms with Crippen LogP contribution in [0.25, 0.3) is 0 Å². The zero-order valence-corrected chi connectivity index (χ0v) is 30.2. The second-order valence-corrected chi connectivity index (χ2v) is 13.8. The van der Waals surface area contributed by atoms with Gasteiger partial charge in [0.25, 0.3) is 5.91 Å². The number of methoxy groups -OCH3 is 2.